The van der Waals surface area contributed by atoms with Gasteiger partial charge in [0.1, 0.15) is 5.75 Å². The van der Waals surface area contributed by atoms with Gasteiger partial charge in [-0.3, -0.25) is 4.79 Å². The van der Waals surface area contributed by atoms with Crippen molar-refractivity contribution in [1.82, 2.24) is 4.90 Å². The fourth-order valence-electron chi connectivity index (χ4n) is 1.95. The van der Waals surface area contributed by atoms with Crippen molar-refractivity contribution in [3.05, 3.63) is 28.8 Å². The molecule has 0 spiro atoms. The van der Waals surface area contributed by atoms with Gasteiger partial charge in [0.2, 0.25) is 0 Å². The first kappa shape index (κ1) is 12.2. The number of rotatable bonds is 2. The van der Waals surface area contributed by atoms with Crippen LogP contribution in [0.2, 0.25) is 5.02 Å². The number of phenolic OH excluding ortho intramolecular Hbond substituents is 1. The molecular formula is C12H14ClNO3. The van der Waals surface area contributed by atoms with Crippen molar-refractivity contribution < 1.29 is 14.6 Å². The summed E-state index contributed by atoms with van der Waals surface area (Å²) in [7, 11) is 1.63. The average Bonchev–Trinajstić information content (AvgIpc) is 2.80. The van der Waals surface area contributed by atoms with Crippen molar-refractivity contribution in [3.8, 4) is 5.75 Å². The van der Waals surface area contributed by atoms with E-state index in [9.17, 15) is 9.90 Å². The molecule has 1 atom stereocenters. The zero-order valence-corrected chi connectivity index (χ0v) is 10.3. The van der Waals surface area contributed by atoms with E-state index >= 15 is 0 Å². The van der Waals surface area contributed by atoms with Gasteiger partial charge in [0, 0.05) is 25.2 Å². The molecule has 0 aliphatic carbocycles. The summed E-state index contributed by atoms with van der Waals surface area (Å²) in [5.41, 5.74) is 0.245. The molecule has 1 aromatic carbocycles. The smallest absolute Gasteiger partial charge is 0.257 e. The highest BCUT2D eigenvalue weighted by molar-refractivity contribution is 6.31. The number of aromatic hydroxyl groups is 1. The number of halogens is 1. The van der Waals surface area contributed by atoms with Gasteiger partial charge in [0.05, 0.1) is 11.7 Å². The van der Waals surface area contributed by atoms with Crippen LogP contribution in [0.5, 0.6) is 5.75 Å². The average molecular weight is 256 g/mol. The summed E-state index contributed by atoms with van der Waals surface area (Å²) in [6.07, 6.45) is 0.907. The Morgan fingerprint density at radius 1 is 1.59 bits per heavy atom. The second kappa shape index (κ2) is 4.94. The zero-order valence-electron chi connectivity index (χ0n) is 9.52. The van der Waals surface area contributed by atoms with E-state index in [1.807, 2.05) is 0 Å². The molecular weight excluding hydrogens is 242 g/mol. The molecule has 1 saturated heterocycles. The summed E-state index contributed by atoms with van der Waals surface area (Å²) in [5.74, 6) is -0.246. The lowest BCUT2D eigenvalue weighted by atomic mass is 10.2. The maximum atomic E-state index is 12.1. The Bertz CT molecular complexity index is 436. The van der Waals surface area contributed by atoms with Crippen LogP contribution in [0.4, 0.5) is 0 Å². The molecule has 2 rings (SSSR count). The number of hydrogen-bond acceptors (Lipinski definition) is 3. The minimum absolute atomic E-state index is 0.0414. The third kappa shape index (κ3) is 2.53. The van der Waals surface area contributed by atoms with Crippen molar-refractivity contribution in [2.24, 2.45) is 0 Å². The molecule has 4 nitrogen and oxygen atoms in total. The maximum Gasteiger partial charge on any atom is 0.257 e. The number of nitrogens with zero attached hydrogens (tertiary/aromatic N) is 1. The summed E-state index contributed by atoms with van der Waals surface area (Å²) in [5, 5.41) is 10.1. The van der Waals surface area contributed by atoms with Gasteiger partial charge >= 0.3 is 0 Å². The van der Waals surface area contributed by atoms with Crippen LogP contribution < -0.4 is 0 Å². The Labute approximate surface area is 105 Å². The molecule has 92 valence electrons. The summed E-state index contributed by atoms with van der Waals surface area (Å²) < 4.78 is 5.20. The number of amides is 1. The van der Waals surface area contributed by atoms with E-state index in [1.165, 1.54) is 12.1 Å². The second-order valence-electron chi connectivity index (χ2n) is 4.06. The summed E-state index contributed by atoms with van der Waals surface area (Å²) in [6.45, 7) is 1.20. The highest BCUT2D eigenvalue weighted by Crippen LogP contribution is 2.24. The second-order valence-corrected chi connectivity index (χ2v) is 4.50. The summed E-state index contributed by atoms with van der Waals surface area (Å²) >= 11 is 5.82. The minimum Gasteiger partial charge on any atom is -0.507 e. The Morgan fingerprint density at radius 3 is 3.00 bits per heavy atom. The van der Waals surface area contributed by atoms with Gasteiger partial charge in [0.25, 0.3) is 5.91 Å². The lowest BCUT2D eigenvalue weighted by Crippen LogP contribution is -2.30. The standard InChI is InChI=1S/C12H14ClNO3/c1-17-9-4-5-14(7-9)12(16)10-6-8(13)2-3-11(10)15/h2-3,6,9,15H,4-5,7H2,1H3. The zero-order chi connectivity index (χ0) is 12.4. The van der Waals surface area contributed by atoms with Gasteiger partial charge in [-0.15, -0.1) is 0 Å². The number of hydrogen-bond donors (Lipinski definition) is 1. The van der Waals surface area contributed by atoms with Crippen LogP contribution in [0.15, 0.2) is 18.2 Å². The van der Waals surface area contributed by atoms with Crippen LogP contribution in [0.1, 0.15) is 16.8 Å². The molecule has 0 saturated carbocycles. The quantitative estimate of drug-likeness (QED) is 0.878. The van der Waals surface area contributed by atoms with Crippen LogP contribution in [0, 0.1) is 0 Å². The summed E-state index contributed by atoms with van der Waals surface area (Å²) in [6, 6.07) is 4.47. The SMILES string of the molecule is COC1CCN(C(=O)c2cc(Cl)ccc2O)C1. The Morgan fingerprint density at radius 2 is 2.35 bits per heavy atom. The number of carbonyl (C=O) groups excluding carboxylic acids is 1. The molecule has 0 radical (unpaired) electrons. The van der Waals surface area contributed by atoms with Crippen molar-refractivity contribution in [2.75, 3.05) is 20.2 Å². The molecule has 1 aliphatic heterocycles. The molecule has 1 aromatic rings. The molecule has 1 aliphatic rings. The normalized spacial score (nSPS) is 19.6. The Kier molecular flexibility index (Phi) is 3.54. The first-order valence-electron chi connectivity index (χ1n) is 5.42. The third-order valence-corrected chi connectivity index (χ3v) is 3.19. The fourth-order valence-corrected chi connectivity index (χ4v) is 2.13. The first-order chi connectivity index (χ1) is 8.11. The van der Waals surface area contributed by atoms with Crippen LogP contribution in [0.3, 0.4) is 0 Å². The Hall–Kier alpha value is -1.26. The van der Waals surface area contributed by atoms with Gasteiger partial charge in [0.15, 0.2) is 0 Å². The maximum absolute atomic E-state index is 12.1. The van der Waals surface area contributed by atoms with Crippen LogP contribution in [0.25, 0.3) is 0 Å². The third-order valence-electron chi connectivity index (χ3n) is 2.95. The summed E-state index contributed by atoms with van der Waals surface area (Å²) in [4.78, 5) is 13.8. The molecule has 1 amide bonds. The lowest BCUT2D eigenvalue weighted by molar-refractivity contribution is 0.0721. The van der Waals surface area contributed by atoms with Gasteiger partial charge in [-0.05, 0) is 24.6 Å². The number of carbonyl (C=O) groups is 1. The Balaban J connectivity index is 2.17. The van der Waals surface area contributed by atoms with E-state index in [1.54, 1.807) is 18.1 Å². The number of ether oxygens (including phenoxy) is 1. The van der Waals surface area contributed by atoms with E-state index in [0.717, 1.165) is 6.42 Å². The van der Waals surface area contributed by atoms with E-state index in [2.05, 4.69) is 0 Å². The van der Waals surface area contributed by atoms with Crippen LogP contribution >= 0.6 is 11.6 Å². The monoisotopic (exact) mass is 255 g/mol. The number of phenols is 1. The molecule has 17 heavy (non-hydrogen) atoms. The molecule has 1 heterocycles. The van der Waals surface area contributed by atoms with Crippen molar-refractivity contribution in [2.45, 2.75) is 12.5 Å². The molecule has 1 fully saturated rings. The van der Waals surface area contributed by atoms with Gasteiger partial charge in [-0.2, -0.15) is 0 Å². The number of methoxy groups -OCH3 is 1. The molecule has 5 heteroatoms. The van der Waals surface area contributed by atoms with Crippen molar-refractivity contribution in [3.63, 3.8) is 0 Å². The van der Waals surface area contributed by atoms with Gasteiger partial charge in [-0.1, -0.05) is 11.6 Å². The van der Waals surface area contributed by atoms with Gasteiger partial charge in [-0.25, -0.2) is 0 Å². The van der Waals surface area contributed by atoms with Gasteiger partial charge < -0.3 is 14.7 Å². The largest absolute Gasteiger partial charge is 0.507 e. The van der Waals surface area contributed by atoms with E-state index < -0.39 is 0 Å². The molecule has 1 unspecified atom stereocenters. The van der Waals surface area contributed by atoms with Crippen LogP contribution in [-0.4, -0.2) is 42.2 Å². The minimum atomic E-state index is -0.204. The highest BCUT2D eigenvalue weighted by atomic mass is 35.5. The van der Waals surface area contributed by atoms with E-state index in [4.69, 9.17) is 16.3 Å². The molecule has 0 aromatic heterocycles. The lowest BCUT2D eigenvalue weighted by Gasteiger charge is -2.16. The predicted molar refractivity (Wildman–Crippen MR) is 64.4 cm³/mol. The highest BCUT2D eigenvalue weighted by Gasteiger charge is 2.28. The van der Waals surface area contributed by atoms with Crippen molar-refractivity contribution in [1.29, 1.82) is 0 Å². The van der Waals surface area contributed by atoms with Crippen molar-refractivity contribution >= 4 is 17.5 Å². The number of benzene rings is 1. The number of likely N-dealkylation sites (tertiary alicyclic amines) is 1. The van der Waals surface area contributed by atoms with E-state index in [-0.39, 0.29) is 23.3 Å². The molecule has 0 bridgehead atoms. The fraction of sp³-hybridized carbons (Fsp3) is 0.417. The van der Waals surface area contributed by atoms with Crippen LogP contribution in [-0.2, 0) is 4.74 Å². The van der Waals surface area contributed by atoms with E-state index in [0.29, 0.717) is 18.1 Å². The predicted octanol–water partition coefficient (Wildman–Crippen LogP) is 1.91. The molecule has 1 N–H and O–H groups in total. The topological polar surface area (TPSA) is 49.8 Å². The first-order valence-corrected chi connectivity index (χ1v) is 5.80.